The van der Waals surface area contributed by atoms with Gasteiger partial charge >= 0.3 is 0 Å². The summed E-state index contributed by atoms with van der Waals surface area (Å²) in [7, 11) is 1.94. The summed E-state index contributed by atoms with van der Waals surface area (Å²) in [5.41, 5.74) is 3.58. The topological polar surface area (TPSA) is 71.3 Å². The van der Waals surface area contributed by atoms with E-state index in [1.807, 2.05) is 59.1 Å². The maximum absolute atomic E-state index is 13.6. The number of pyridine rings is 1. The summed E-state index contributed by atoms with van der Waals surface area (Å²) in [5, 5.41) is 4.75. The van der Waals surface area contributed by atoms with E-state index in [0.29, 0.717) is 12.2 Å². The number of rotatable bonds is 7. The summed E-state index contributed by atoms with van der Waals surface area (Å²) in [4.78, 5) is 35.1. The number of amides is 1. The minimum absolute atomic E-state index is 0.0731. The van der Waals surface area contributed by atoms with Crippen LogP contribution >= 0.6 is 0 Å². The van der Waals surface area contributed by atoms with Gasteiger partial charge in [0.2, 0.25) is 0 Å². The third-order valence-electron chi connectivity index (χ3n) is 7.33. The lowest BCUT2D eigenvalue weighted by Crippen LogP contribution is -2.43. The molecule has 1 aliphatic heterocycles. The number of hydrogen-bond donors (Lipinski definition) is 0. The molecule has 0 unspecified atom stereocenters. The molecule has 1 saturated heterocycles. The highest BCUT2D eigenvalue weighted by molar-refractivity contribution is 6.04. The lowest BCUT2D eigenvalue weighted by atomic mass is 9.89. The molecule has 35 heavy (non-hydrogen) atoms. The molecule has 0 atom stereocenters. The lowest BCUT2D eigenvalue weighted by molar-refractivity contribution is 0.0841. The van der Waals surface area contributed by atoms with Gasteiger partial charge in [-0.1, -0.05) is 36.4 Å². The van der Waals surface area contributed by atoms with Gasteiger partial charge in [-0.2, -0.15) is 5.10 Å². The highest BCUT2D eigenvalue weighted by Gasteiger charge is 2.30. The second-order valence-electron chi connectivity index (χ2n) is 9.60. The molecule has 0 spiro atoms. The van der Waals surface area contributed by atoms with Gasteiger partial charge in [-0.15, -0.1) is 0 Å². The van der Waals surface area contributed by atoms with E-state index in [2.05, 4.69) is 9.88 Å². The van der Waals surface area contributed by atoms with E-state index in [4.69, 9.17) is 5.10 Å². The highest BCUT2D eigenvalue weighted by atomic mass is 16.2. The van der Waals surface area contributed by atoms with Crippen molar-refractivity contribution in [2.45, 2.75) is 38.5 Å². The number of Topliss-reactive ketones (excluding diaryl/α,β-unsaturated/α-hetero) is 1. The maximum atomic E-state index is 13.6. The number of carbonyl (C=O) groups is 2. The van der Waals surface area contributed by atoms with Crippen LogP contribution in [0.5, 0.6) is 0 Å². The molecular weight excluding hydrogens is 438 g/mol. The second-order valence-corrected chi connectivity index (χ2v) is 9.60. The van der Waals surface area contributed by atoms with Gasteiger partial charge in [-0.25, -0.2) is 0 Å². The number of piperidine rings is 1. The number of likely N-dealkylation sites (tertiary alicyclic amines) is 1. The van der Waals surface area contributed by atoms with Crippen LogP contribution in [-0.2, 0) is 19.9 Å². The number of ketones is 1. The van der Waals surface area contributed by atoms with E-state index in [1.54, 1.807) is 12.3 Å². The van der Waals surface area contributed by atoms with Crippen molar-refractivity contribution >= 4 is 17.5 Å². The normalized spacial score (nSPS) is 16.6. The van der Waals surface area contributed by atoms with Crippen LogP contribution in [0.3, 0.4) is 0 Å². The molecule has 3 heterocycles. The first-order chi connectivity index (χ1) is 17.1. The van der Waals surface area contributed by atoms with Gasteiger partial charge in [0.1, 0.15) is 11.5 Å². The number of nitrogens with zero attached hydrogens (tertiary/aromatic N) is 5. The largest absolute Gasteiger partial charge is 0.302 e. The van der Waals surface area contributed by atoms with E-state index in [1.165, 1.54) is 5.56 Å². The molecule has 2 aromatic heterocycles. The van der Waals surface area contributed by atoms with Crippen molar-refractivity contribution < 1.29 is 9.59 Å². The molecule has 7 heteroatoms. The Kier molecular flexibility index (Phi) is 7.04. The molecule has 0 radical (unpaired) electrons. The van der Waals surface area contributed by atoms with Crippen molar-refractivity contribution in [1.82, 2.24) is 19.7 Å². The van der Waals surface area contributed by atoms with Crippen LogP contribution in [0.1, 0.15) is 57.8 Å². The van der Waals surface area contributed by atoms with Gasteiger partial charge in [-0.05, 0) is 63.7 Å². The number of carbonyl (C=O) groups excluding carboxylic acids is 2. The van der Waals surface area contributed by atoms with E-state index >= 15 is 0 Å². The lowest BCUT2D eigenvalue weighted by Gasteiger charge is -2.33. The van der Waals surface area contributed by atoms with Crippen LogP contribution < -0.4 is 4.90 Å². The summed E-state index contributed by atoms with van der Waals surface area (Å²) < 4.78 is 1.88. The minimum Gasteiger partial charge on any atom is -0.302 e. The van der Waals surface area contributed by atoms with Gasteiger partial charge in [0.15, 0.2) is 5.78 Å². The van der Waals surface area contributed by atoms with E-state index in [0.717, 1.165) is 75.2 Å². The van der Waals surface area contributed by atoms with Gasteiger partial charge in [0.05, 0.1) is 5.69 Å². The molecule has 1 fully saturated rings. The number of aromatic nitrogens is 3. The molecule has 1 amide bonds. The SMILES string of the molecule is Cn1nc2c(c1N(CCN1CCC(C(=O)c3ccccc3)CC1)C(=O)c1ccccn1)CCCC2. The first-order valence-corrected chi connectivity index (χ1v) is 12.7. The molecular formula is C28H33N5O2. The zero-order chi connectivity index (χ0) is 24.2. The van der Waals surface area contributed by atoms with Crippen LogP contribution in [0.4, 0.5) is 5.82 Å². The summed E-state index contributed by atoms with van der Waals surface area (Å²) in [5.74, 6) is 1.14. The number of fused-ring (bicyclic) bond motifs is 1. The van der Waals surface area contributed by atoms with Crippen molar-refractivity contribution in [3.8, 4) is 0 Å². The molecule has 0 saturated carbocycles. The van der Waals surface area contributed by atoms with E-state index < -0.39 is 0 Å². The van der Waals surface area contributed by atoms with Gasteiger partial charge < -0.3 is 4.90 Å². The quantitative estimate of drug-likeness (QED) is 0.488. The Morgan fingerprint density at radius 1 is 1.00 bits per heavy atom. The summed E-state index contributed by atoms with van der Waals surface area (Å²) >= 11 is 0. The fraction of sp³-hybridized carbons (Fsp3) is 0.429. The molecule has 0 bridgehead atoms. The van der Waals surface area contributed by atoms with Crippen LogP contribution in [0.2, 0.25) is 0 Å². The maximum Gasteiger partial charge on any atom is 0.278 e. The minimum atomic E-state index is -0.0869. The average Bonchev–Trinajstić information content (AvgIpc) is 3.25. The second kappa shape index (κ2) is 10.5. The van der Waals surface area contributed by atoms with E-state index in [-0.39, 0.29) is 17.6 Å². The van der Waals surface area contributed by atoms with Gasteiger partial charge in [-0.3, -0.25) is 24.2 Å². The summed E-state index contributed by atoms with van der Waals surface area (Å²) in [6, 6.07) is 15.1. The average molecular weight is 472 g/mol. The Morgan fingerprint density at radius 3 is 2.49 bits per heavy atom. The van der Waals surface area contributed by atoms with Crippen molar-refractivity contribution in [3.63, 3.8) is 0 Å². The number of hydrogen-bond acceptors (Lipinski definition) is 5. The summed E-state index contributed by atoms with van der Waals surface area (Å²) in [6.45, 7) is 3.04. The van der Waals surface area contributed by atoms with Crippen LogP contribution in [0, 0.1) is 5.92 Å². The first kappa shape index (κ1) is 23.4. The molecule has 0 N–H and O–H groups in total. The number of benzene rings is 1. The van der Waals surface area contributed by atoms with Crippen LogP contribution in [0.25, 0.3) is 0 Å². The van der Waals surface area contributed by atoms with Gasteiger partial charge in [0, 0.05) is 43.4 Å². The van der Waals surface area contributed by atoms with E-state index in [9.17, 15) is 9.59 Å². The third-order valence-corrected chi connectivity index (χ3v) is 7.33. The van der Waals surface area contributed by atoms with Crippen LogP contribution in [0.15, 0.2) is 54.7 Å². The van der Waals surface area contributed by atoms with Crippen molar-refractivity contribution in [1.29, 1.82) is 0 Å². The monoisotopic (exact) mass is 471 g/mol. The van der Waals surface area contributed by atoms with Crippen molar-refractivity contribution in [3.05, 3.63) is 77.2 Å². The molecule has 2 aliphatic rings. The Balaban J connectivity index is 1.29. The highest BCUT2D eigenvalue weighted by Crippen LogP contribution is 2.31. The fourth-order valence-electron chi connectivity index (χ4n) is 5.43. The Bertz CT molecular complexity index is 1170. The Hall–Kier alpha value is -3.32. The van der Waals surface area contributed by atoms with Crippen molar-refractivity contribution in [2.75, 3.05) is 31.1 Å². The Morgan fingerprint density at radius 2 is 1.74 bits per heavy atom. The molecule has 182 valence electrons. The standard InChI is InChI=1S/C28H33N5O2/c1-31-27(23-11-5-6-12-24(23)30-31)33(28(35)25-13-7-8-16-29-25)20-19-32-17-14-22(15-18-32)26(34)21-9-3-2-4-10-21/h2-4,7-10,13,16,22H,5-6,11-12,14-15,17-20H2,1H3. The molecule has 1 aromatic carbocycles. The molecule has 5 rings (SSSR count). The van der Waals surface area contributed by atoms with Gasteiger partial charge in [0.25, 0.3) is 5.91 Å². The number of anilines is 1. The summed E-state index contributed by atoms with van der Waals surface area (Å²) in [6.07, 6.45) is 7.56. The molecule has 3 aromatic rings. The fourth-order valence-corrected chi connectivity index (χ4v) is 5.43. The predicted molar refractivity (Wildman–Crippen MR) is 136 cm³/mol. The number of aryl methyl sites for hydroxylation is 2. The predicted octanol–water partition coefficient (Wildman–Crippen LogP) is 3.94. The zero-order valence-corrected chi connectivity index (χ0v) is 20.4. The Labute approximate surface area is 206 Å². The first-order valence-electron chi connectivity index (χ1n) is 12.7. The third kappa shape index (κ3) is 5.05. The molecule has 1 aliphatic carbocycles. The smallest absolute Gasteiger partial charge is 0.278 e. The van der Waals surface area contributed by atoms with Crippen LogP contribution in [-0.4, -0.2) is 57.5 Å². The zero-order valence-electron chi connectivity index (χ0n) is 20.4. The molecule has 7 nitrogen and oxygen atoms in total. The van der Waals surface area contributed by atoms with Crippen molar-refractivity contribution in [2.24, 2.45) is 13.0 Å².